The number of amides is 7. The van der Waals surface area contributed by atoms with Crippen LogP contribution in [0.15, 0.2) is 60.8 Å². The van der Waals surface area contributed by atoms with Gasteiger partial charge in [-0.3, -0.25) is 38.5 Å². The maximum absolute atomic E-state index is 14.7. The fourth-order valence-corrected chi connectivity index (χ4v) is 13.8. The van der Waals surface area contributed by atoms with Crippen LogP contribution >= 0.6 is 11.3 Å². The van der Waals surface area contributed by atoms with Gasteiger partial charge < -0.3 is 93.2 Å². The fourth-order valence-electron chi connectivity index (χ4n) is 13.0. The summed E-state index contributed by atoms with van der Waals surface area (Å²) < 4.78 is 5.52. The minimum atomic E-state index is -2.04. The van der Waals surface area contributed by atoms with Gasteiger partial charge in [-0.05, 0) is 93.5 Å². The number of hydrogen-bond donors (Lipinski definition) is 14. The van der Waals surface area contributed by atoms with E-state index in [-0.39, 0.29) is 55.3 Å². The number of aromatic hydroxyl groups is 1. The Labute approximate surface area is 542 Å². The summed E-state index contributed by atoms with van der Waals surface area (Å²) in [4.78, 5) is 113. The third kappa shape index (κ3) is 16.9. The van der Waals surface area contributed by atoms with E-state index in [1.807, 2.05) is 12.1 Å². The molecule has 1 saturated carbocycles. The minimum Gasteiger partial charge on any atom is -0.504 e. The molecule has 4 saturated heterocycles. The summed E-state index contributed by atoms with van der Waals surface area (Å²) in [5.74, 6) is -6.89. The van der Waals surface area contributed by atoms with Crippen LogP contribution in [0.4, 0.5) is 5.82 Å². The SMILES string of the molecule is CCC1CCC(N2CCN(c3ccc(-c4nnc(-c5ccc(C(=O)N[C@H]6C[C@@H](O)CNC(=O)[C@@H]7[C@@H](O)[C@@H](C)CN7C(=O)[C@H]([C@H](O)CCN)NC(=O)[C@H]([C@H](O)Cc7ccc(O)c(OCCN)c7)NC(=O)[C@@H]7C[C@@H](O)CN7C(=O)[C@H]([C@@H](C)O)NC6=O)cc5)s4)cn3)CC2)CC1. The molecule has 5 aliphatic rings. The standard InChI is InChI=1S/C63H88N14O15S/c1-4-35-5-13-40(14-6-35)74-20-22-75(23-21-74)49-16-12-39(29-66-49)61-73-72-60(93-61)38-10-8-37(9-11-38)55(85)68-43-27-41(79)30-67-59(89)53-54(84)33(2)31-77(53)63(91)52(46(82)17-18-64)71-58(88)51(47(83)25-36-7-15-45(81)48(26-36)92-24-19-65)70-57(87)44-28-42(80)32-76(44)62(90)50(34(3)78)69-56(43)86/h7-12,15-16,26,29,33-35,40-44,46-47,50-54,78-84H,4-6,13-14,17-25,27-28,30-32,64-65H2,1-3H3,(H,67,89)(H,68,85)(H,69,86)(H,70,87)(H,71,88)/t33-,34+,35?,40?,41+,42+,43-,44-,46+,47+,50-,51-,52-,53-,54-/m0/s1. The van der Waals surface area contributed by atoms with Crippen LogP contribution in [0.25, 0.3) is 21.1 Å². The lowest BCUT2D eigenvalue weighted by molar-refractivity contribution is -0.147. The second-order valence-electron chi connectivity index (χ2n) is 25.0. The average Bonchev–Trinajstić information content (AvgIpc) is 1.72. The monoisotopic (exact) mass is 1310 g/mol. The first kappa shape index (κ1) is 69.8. The normalized spacial score (nSPS) is 28.4. The highest BCUT2D eigenvalue weighted by Crippen LogP contribution is 2.34. The van der Waals surface area contributed by atoms with Crippen LogP contribution in [0.3, 0.4) is 0 Å². The van der Waals surface area contributed by atoms with Crippen LogP contribution in [0.5, 0.6) is 11.5 Å². The Kier molecular flexibility index (Phi) is 23.7. The predicted molar refractivity (Wildman–Crippen MR) is 340 cm³/mol. The van der Waals surface area contributed by atoms with E-state index in [4.69, 9.17) is 21.2 Å². The van der Waals surface area contributed by atoms with Crippen LogP contribution in [-0.4, -0.2) is 251 Å². The Bertz CT molecular complexity index is 3240. The zero-order valence-electron chi connectivity index (χ0n) is 52.5. The van der Waals surface area contributed by atoms with Crippen LogP contribution in [-0.2, 0) is 35.2 Å². The molecular weight excluding hydrogens is 1220 g/mol. The van der Waals surface area contributed by atoms with Gasteiger partial charge in [0, 0.05) is 106 Å². The van der Waals surface area contributed by atoms with Crippen molar-refractivity contribution in [2.45, 2.75) is 157 Å². The molecule has 7 amide bonds. The van der Waals surface area contributed by atoms with Crippen molar-refractivity contribution in [3.05, 3.63) is 71.9 Å². The highest BCUT2D eigenvalue weighted by atomic mass is 32.1. The number of benzene rings is 2. The molecule has 0 bridgehead atoms. The van der Waals surface area contributed by atoms with E-state index in [9.17, 15) is 69.3 Å². The molecular formula is C63H88N14O15S. The van der Waals surface area contributed by atoms with Gasteiger partial charge in [-0.25, -0.2) is 4.98 Å². The lowest BCUT2D eigenvalue weighted by atomic mass is 9.84. The van der Waals surface area contributed by atoms with E-state index < -0.39 is 152 Å². The Morgan fingerprint density at radius 1 is 0.753 bits per heavy atom. The molecule has 506 valence electrons. The number of piperazine rings is 1. The maximum Gasteiger partial charge on any atom is 0.251 e. The van der Waals surface area contributed by atoms with Gasteiger partial charge in [0.25, 0.3) is 5.91 Å². The molecule has 30 heteroatoms. The second kappa shape index (κ2) is 31.6. The molecule has 0 unspecified atom stereocenters. The molecule has 2 aromatic heterocycles. The Morgan fingerprint density at radius 2 is 1.42 bits per heavy atom. The summed E-state index contributed by atoms with van der Waals surface area (Å²) in [5, 5.41) is 101. The van der Waals surface area contributed by atoms with Crippen molar-refractivity contribution >= 4 is 58.5 Å². The first-order valence-corrected chi connectivity index (χ1v) is 32.8. The number of aliphatic hydroxyl groups excluding tert-OH is 6. The molecule has 4 aromatic rings. The van der Waals surface area contributed by atoms with Crippen LogP contribution in [0.2, 0.25) is 0 Å². The summed E-state index contributed by atoms with van der Waals surface area (Å²) in [7, 11) is 0. The number of aromatic nitrogens is 3. The number of nitrogens with zero attached hydrogens (tertiary/aromatic N) is 7. The van der Waals surface area contributed by atoms with E-state index in [2.05, 4.69) is 53.5 Å². The van der Waals surface area contributed by atoms with E-state index in [1.54, 1.807) is 18.3 Å². The van der Waals surface area contributed by atoms with Gasteiger partial charge in [-0.1, -0.05) is 49.8 Å². The highest BCUT2D eigenvalue weighted by molar-refractivity contribution is 7.17. The van der Waals surface area contributed by atoms with Crippen molar-refractivity contribution in [3.63, 3.8) is 0 Å². The molecule has 4 aliphatic heterocycles. The van der Waals surface area contributed by atoms with Gasteiger partial charge in [0.05, 0.1) is 36.6 Å². The van der Waals surface area contributed by atoms with E-state index in [0.717, 1.165) is 60.2 Å². The van der Waals surface area contributed by atoms with Crippen molar-refractivity contribution < 1.29 is 74.0 Å². The number of β-amino-alcohol motifs (C(OH)–C–C–N with tert-alkyl or cyclic N) is 1. The van der Waals surface area contributed by atoms with E-state index in [1.165, 1.54) is 80.7 Å². The molecule has 16 N–H and O–H groups in total. The molecule has 2 aromatic carbocycles. The van der Waals surface area contributed by atoms with Crippen molar-refractivity contribution in [1.82, 2.24) is 56.5 Å². The number of fused-ring (bicyclic) bond motifs is 2. The first-order chi connectivity index (χ1) is 44.5. The molecule has 9 rings (SSSR count). The Morgan fingerprint density at radius 3 is 2.08 bits per heavy atom. The molecule has 5 fully saturated rings. The summed E-state index contributed by atoms with van der Waals surface area (Å²) >= 11 is 1.32. The van der Waals surface area contributed by atoms with Gasteiger partial charge in [0.1, 0.15) is 58.7 Å². The molecule has 29 nitrogen and oxygen atoms in total. The zero-order chi connectivity index (χ0) is 66.8. The van der Waals surface area contributed by atoms with Gasteiger partial charge >= 0.3 is 0 Å². The Balaban J connectivity index is 0.943. The summed E-state index contributed by atoms with van der Waals surface area (Å²) in [6.07, 6.45) is -3.65. The second-order valence-corrected chi connectivity index (χ2v) is 26.0. The predicted octanol–water partition coefficient (Wildman–Crippen LogP) is -2.30. The zero-order valence-corrected chi connectivity index (χ0v) is 53.3. The first-order valence-electron chi connectivity index (χ1n) is 32.0. The van der Waals surface area contributed by atoms with Crippen molar-refractivity contribution in [3.8, 4) is 32.6 Å². The number of phenolic OH excluding ortho intramolecular Hbond substituents is 1. The van der Waals surface area contributed by atoms with Gasteiger partial charge in [0.15, 0.2) is 11.5 Å². The minimum absolute atomic E-state index is 0.00423. The summed E-state index contributed by atoms with van der Waals surface area (Å²) in [6, 6.07) is 3.87. The molecule has 1 aliphatic carbocycles. The lowest BCUT2D eigenvalue weighted by Crippen LogP contribution is -2.64. The Hall–Kier alpha value is -7.52. The van der Waals surface area contributed by atoms with Crippen molar-refractivity contribution in [2.24, 2.45) is 23.3 Å². The maximum atomic E-state index is 14.7. The summed E-state index contributed by atoms with van der Waals surface area (Å²) in [5.41, 5.74) is 13.1. The van der Waals surface area contributed by atoms with Crippen molar-refractivity contribution in [1.29, 1.82) is 0 Å². The number of carbonyl (C=O) groups is 7. The average molecular weight is 1310 g/mol. The molecule has 93 heavy (non-hydrogen) atoms. The van der Waals surface area contributed by atoms with E-state index in [0.29, 0.717) is 21.6 Å². The van der Waals surface area contributed by atoms with Crippen LogP contribution in [0, 0.1) is 11.8 Å². The third-order valence-electron chi connectivity index (χ3n) is 18.4. The van der Waals surface area contributed by atoms with Gasteiger partial charge in [0.2, 0.25) is 35.4 Å². The number of ether oxygens (including phenoxy) is 1. The molecule has 0 spiro atoms. The number of pyridine rings is 1. The van der Waals surface area contributed by atoms with Crippen LogP contribution in [0.1, 0.15) is 88.1 Å². The third-order valence-corrected chi connectivity index (χ3v) is 19.4. The number of phenols is 1. The largest absolute Gasteiger partial charge is 0.504 e. The molecule has 0 radical (unpaired) electrons. The van der Waals surface area contributed by atoms with Gasteiger partial charge in [-0.15, -0.1) is 10.2 Å². The smallest absolute Gasteiger partial charge is 0.251 e. The van der Waals surface area contributed by atoms with Crippen molar-refractivity contribution in [2.75, 3.05) is 70.4 Å². The fraction of sp³-hybridized carbons (Fsp3) is 0.587. The number of rotatable bonds is 17. The number of aliphatic hydroxyl groups is 6. The number of hydrogen-bond acceptors (Lipinski definition) is 23. The molecule has 6 heterocycles. The van der Waals surface area contributed by atoms with Crippen LogP contribution < -0.4 is 47.7 Å². The summed E-state index contributed by atoms with van der Waals surface area (Å²) in [6.45, 7) is 7.16. The molecule has 13 atom stereocenters. The number of nitrogens with one attached hydrogen (secondary N) is 5. The number of carbonyl (C=O) groups excluding carboxylic acids is 7. The lowest BCUT2D eigenvalue weighted by Gasteiger charge is -2.42. The number of anilines is 1. The quantitative estimate of drug-likeness (QED) is 0.0528. The topological polar surface area (TPSA) is 434 Å². The number of nitrogens with two attached hydrogens (primary N) is 2. The van der Waals surface area contributed by atoms with Gasteiger partial charge in [-0.2, -0.15) is 0 Å². The van der Waals surface area contributed by atoms with E-state index >= 15 is 0 Å². The highest BCUT2D eigenvalue weighted by Gasteiger charge is 2.50.